The number of aromatic nitrogens is 1. The standard InChI is InChI=1S/C17H22N2O4/c1-2-23-17(22)13-7-10-19(11-8-13)16(21)6-5-15(20)14-4-3-9-18-12-14/h3-4,9,12-13H,2,5-8,10-11H2,1H3. The van der Waals surface area contributed by atoms with E-state index >= 15 is 0 Å². The average molecular weight is 318 g/mol. The van der Waals surface area contributed by atoms with E-state index in [4.69, 9.17) is 4.74 Å². The first kappa shape index (κ1) is 17.1. The maximum absolute atomic E-state index is 12.2. The molecule has 124 valence electrons. The summed E-state index contributed by atoms with van der Waals surface area (Å²) in [7, 11) is 0. The number of ether oxygens (including phenoxy) is 1. The lowest BCUT2D eigenvalue weighted by Crippen LogP contribution is -2.40. The molecule has 1 aromatic rings. The van der Waals surface area contributed by atoms with Crippen LogP contribution < -0.4 is 0 Å². The molecule has 0 radical (unpaired) electrons. The molecule has 6 nitrogen and oxygen atoms in total. The molecule has 0 unspecified atom stereocenters. The molecule has 23 heavy (non-hydrogen) atoms. The first-order valence-electron chi connectivity index (χ1n) is 7.99. The van der Waals surface area contributed by atoms with E-state index in [2.05, 4.69) is 4.98 Å². The lowest BCUT2D eigenvalue weighted by atomic mass is 9.96. The number of likely N-dealkylation sites (tertiary alicyclic amines) is 1. The fourth-order valence-corrected chi connectivity index (χ4v) is 2.68. The minimum Gasteiger partial charge on any atom is -0.466 e. The van der Waals surface area contributed by atoms with Gasteiger partial charge in [0.2, 0.25) is 5.91 Å². The van der Waals surface area contributed by atoms with Gasteiger partial charge in [0.15, 0.2) is 5.78 Å². The molecule has 1 aromatic heterocycles. The van der Waals surface area contributed by atoms with Crippen LogP contribution in [0.25, 0.3) is 0 Å². The van der Waals surface area contributed by atoms with Crippen LogP contribution in [0.2, 0.25) is 0 Å². The van der Waals surface area contributed by atoms with Crippen LogP contribution >= 0.6 is 0 Å². The van der Waals surface area contributed by atoms with Gasteiger partial charge in [0.05, 0.1) is 12.5 Å². The first-order valence-corrected chi connectivity index (χ1v) is 7.99. The van der Waals surface area contributed by atoms with E-state index in [9.17, 15) is 14.4 Å². The molecule has 0 aromatic carbocycles. The molecule has 2 heterocycles. The van der Waals surface area contributed by atoms with Crippen molar-refractivity contribution in [3.8, 4) is 0 Å². The van der Waals surface area contributed by atoms with E-state index in [0.717, 1.165) is 0 Å². The van der Waals surface area contributed by atoms with Gasteiger partial charge in [-0.2, -0.15) is 0 Å². The van der Waals surface area contributed by atoms with Crippen LogP contribution in [0.15, 0.2) is 24.5 Å². The van der Waals surface area contributed by atoms with Gasteiger partial charge in [0.25, 0.3) is 0 Å². The van der Waals surface area contributed by atoms with Crippen LogP contribution in [-0.4, -0.2) is 47.2 Å². The summed E-state index contributed by atoms with van der Waals surface area (Å²) >= 11 is 0. The van der Waals surface area contributed by atoms with Gasteiger partial charge < -0.3 is 9.64 Å². The van der Waals surface area contributed by atoms with E-state index in [-0.39, 0.29) is 36.4 Å². The van der Waals surface area contributed by atoms with Crippen molar-refractivity contribution in [2.75, 3.05) is 19.7 Å². The molecule has 1 amide bonds. The van der Waals surface area contributed by atoms with Crippen LogP contribution in [0, 0.1) is 5.92 Å². The van der Waals surface area contributed by atoms with Crippen molar-refractivity contribution in [3.05, 3.63) is 30.1 Å². The number of piperidine rings is 1. The van der Waals surface area contributed by atoms with E-state index in [1.54, 1.807) is 30.2 Å². The predicted molar refractivity (Wildman–Crippen MR) is 83.7 cm³/mol. The summed E-state index contributed by atoms with van der Waals surface area (Å²) in [6.07, 6.45) is 4.75. The van der Waals surface area contributed by atoms with Gasteiger partial charge >= 0.3 is 5.97 Å². The molecule has 1 aliphatic heterocycles. The summed E-state index contributed by atoms with van der Waals surface area (Å²) in [4.78, 5) is 41.5. The highest BCUT2D eigenvalue weighted by Crippen LogP contribution is 2.19. The Labute approximate surface area is 135 Å². The normalized spacial score (nSPS) is 15.3. The summed E-state index contributed by atoms with van der Waals surface area (Å²) in [5.41, 5.74) is 0.529. The lowest BCUT2D eigenvalue weighted by molar-refractivity contribution is -0.151. The Hall–Kier alpha value is -2.24. The van der Waals surface area contributed by atoms with E-state index in [1.807, 2.05) is 0 Å². The fraction of sp³-hybridized carbons (Fsp3) is 0.529. The maximum Gasteiger partial charge on any atom is 0.309 e. The zero-order valence-electron chi connectivity index (χ0n) is 13.4. The number of esters is 1. The lowest BCUT2D eigenvalue weighted by Gasteiger charge is -2.30. The third kappa shape index (κ3) is 4.87. The van der Waals surface area contributed by atoms with Crippen LogP contribution in [0.3, 0.4) is 0 Å². The topological polar surface area (TPSA) is 76.6 Å². The zero-order chi connectivity index (χ0) is 16.7. The van der Waals surface area contributed by atoms with Crippen molar-refractivity contribution in [2.24, 2.45) is 5.92 Å². The van der Waals surface area contributed by atoms with Crippen molar-refractivity contribution in [2.45, 2.75) is 32.6 Å². The molecule has 1 aliphatic rings. The van der Waals surface area contributed by atoms with E-state index < -0.39 is 0 Å². The Bertz CT molecular complexity index is 551. The van der Waals surface area contributed by atoms with Gasteiger partial charge in [-0.1, -0.05) is 0 Å². The van der Waals surface area contributed by atoms with Crippen LogP contribution in [0.5, 0.6) is 0 Å². The molecule has 0 N–H and O–H groups in total. The number of amides is 1. The largest absolute Gasteiger partial charge is 0.466 e. The average Bonchev–Trinajstić information content (AvgIpc) is 2.60. The number of nitrogens with zero attached hydrogens (tertiary/aromatic N) is 2. The molecule has 0 atom stereocenters. The molecule has 2 rings (SSSR count). The van der Waals surface area contributed by atoms with Crippen LogP contribution in [-0.2, 0) is 14.3 Å². The van der Waals surface area contributed by atoms with Crippen molar-refractivity contribution in [1.29, 1.82) is 0 Å². The summed E-state index contributed by atoms with van der Waals surface area (Å²) < 4.78 is 5.01. The summed E-state index contributed by atoms with van der Waals surface area (Å²) in [5, 5.41) is 0. The molecule has 0 aliphatic carbocycles. The number of pyridine rings is 1. The van der Waals surface area contributed by atoms with Crippen molar-refractivity contribution in [3.63, 3.8) is 0 Å². The number of hydrogen-bond acceptors (Lipinski definition) is 5. The number of carbonyl (C=O) groups excluding carboxylic acids is 3. The quantitative estimate of drug-likeness (QED) is 0.591. The van der Waals surface area contributed by atoms with E-state index in [0.29, 0.717) is 38.1 Å². The molecule has 0 spiro atoms. The van der Waals surface area contributed by atoms with Crippen LogP contribution in [0.4, 0.5) is 0 Å². The third-order valence-corrected chi connectivity index (χ3v) is 4.02. The SMILES string of the molecule is CCOC(=O)C1CCN(C(=O)CCC(=O)c2cccnc2)CC1. The molecular weight excluding hydrogens is 296 g/mol. The van der Waals surface area contributed by atoms with Gasteiger partial charge in [-0.15, -0.1) is 0 Å². The second-order valence-electron chi connectivity index (χ2n) is 5.57. The van der Waals surface area contributed by atoms with Gasteiger partial charge in [0, 0.05) is 43.9 Å². The predicted octanol–water partition coefficient (Wildman–Crippen LogP) is 1.85. The Morgan fingerprint density at radius 2 is 2.00 bits per heavy atom. The summed E-state index contributed by atoms with van der Waals surface area (Å²) in [5.74, 6) is -0.403. The smallest absolute Gasteiger partial charge is 0.309 e. The summed E-state index contributed by atoms with van der Waals surface area (Å²) in [6.45, 7) is 3.26. The molecule has 1 fully saturated rings. The Morgan fingerprint density at radius 1 is 1.26 bits per heavy atom. The highest BCUT2D eigenvalue weighted by atomic mass is 16.5. The number of rotatable bonds is 6. The third-order valence-electron chi connectivity index (χ3n) is 4.02. The van der Waals surface area contributed by atoms with Gasteiger partial charge in [-0.3, -0.25) is 19.4 Å². The second kappa shape index (κ2) is 8.41. The highest BCUT2D eigenvalue weighted by molar-refractivity contribution is 5.97. The van der Waals surface area contributed by atoms with Crippen molar-refractivity contribution in [1.82, 2.24) is 9.88 Å². The Kier molecular flexibility index (Phi) is 6.26. The van der Waals surface area contributed by atoms with Crippen LogP contribution in [0.1, 0.15) is 43.0 Å². The van der Waals surface area contributed by atoms with E-state index in [1.165, 1.54) is 6.20 Å². The number of carbonyl (C=O) groups is 3. The number of hydrogen-bond donors (Lipinski definition) is 0. The minimum atomic E-state index is -0.175. The van der Waals surface area contributed by atoms with Gasteiger partial charge in [-0.25, -0.2) is 0 Å². The zero-order valence-corrected chi connectivity index (χ0v) is 13.4. The fourth-order valence-electron chi connectivity index (χ4n) is 2.68. The molecule has 0 bridgehead atoms. The van der Waals surface area contributed by atoms with Gasteiger partial charge in [0.1, 0.15) is 0 Å². The molecular formula is C17H22N2O4. The van der Waals surface area contributed by atoms with Crippen molar-refractivity contribution < 1.29 is 19.1 Å². The maximum atomic E-state index is 12.2. The summed E-state index contributed by atoms with van der Waals surface area (Å²) in [6, 6.07) is 3.40. The Morgan fingerprint density at radius 3 is 2.61 bits per heavy atom. The molecule has 6 heteroatoms. The Balaban J connectivity index is 1.75. The second-order valence-corrected chi connectivity index (χ2v) is 5.57. The van der Waals surface area contributed by atoms with Gasteiger partial charge in [-0.05, 0) is 31.9 Å². The highest BCUT2D eigenvalue weighted by Gasteiger charge is 2.28. The first-order chi connectivity index (χ1) is 11.1. The number of Topliss-reactive ketones (excluding diaryl/α,β-unsaturated/α-hetero) is 1. The van der Waals surface area contributed by atoms with Crippen molar-refractivity contribution >= 4 is 17.7 Å². The molecule has 1 saturated heterocycles. The number of ketones is 1. The minimum absolute atomic E-state index is 0.0375. The monoisotopic (exact) mass is 318 g/mol. The molecule has 0 saturated carbocycles.